The molecule has 2 nitrogen and oxygen atoms in total. The molecule has 11 heavy (non-hydrogen) atoms. The second-order valence-electron chi connectivity index (χ2n) is 2.42. The minimum absolute atomic E-state index is 0.273. The van der Waals surface area contributed by atoms with Gasteiger partial charge in [0.05, 0.1) is 6.10 Å². The predicted molar refractivity (Wildman–Crippen MR) is 48.2 cm³/mol. The molecule has 0 aromatic heterocycles. The number of hydrogen-bond donors (Lipinski definition) is 1. The molecule has 0 saturated heterocycles. The van der Waals surface area contributed by atoms with Crippen molar-refractivity contribution in [1.82, 2.24) is 5.32 Å². The molecule has 0 aliphatic rings. The highest BCUT2D eigenvalue weighted by molar-refractivity contribution is 4.96. The van der Waals surface area contributed by atoms with E-state index in [2.05, 4.69) is 25.4 Å². The second-order valence-corrected chi connectivity index (χ2v) is 2.42. The van der Waals surface area contributed by atoms with Crippen LogP contribution in [0.5, 0.6) is 0 Å². The summed E-state index contributed by atoms with van der Waals surface area (Å²) in [5, 5.41) is 2.93. The first-order valence-corrected chi connectivity index (χ1v) is 3.82. The van der Waals surface area contributed by atoms with Crippen LogP contribution in [0, 0.1) is 0 Å². The molecule has 0 spiro atoms. The monoisotopic (exact) mass is 155 g/mol. The fraction of sp³-hybridized carbons (Fsp3) is 0.556. The summed E-state index contributed by atoms with van der Waals surface area (Å²) in [6.45, 7) is 9.46. The van der Waals surface area contributed by atoms with Gasteiger partial charge in [0.2, 0.25) is 0 Å². The van der Waals surface area contributed by atoms with Crippen molar-refractivity contribution < 1.29 is 4.74 Å². The number of nitrogens with one attached hydrogen (secondary N) is 1. The first-order chi connectivity index (χ1) is 5.24. The fourth-order valence-corrected chi connectivity index (χ4v) is 0.872. The van der Waals surface area contributed by atoms with E-state index in [4.69, 9.17) is 4.74 Å². The number of methoxy groups -OCH3 is 1. The molecule has 1 atom stereocenters. The SMILES string of the molecule is C=CNC(=C)CC(CC)OC. The molecule has 0 amide bonds. The van der Waals surface area contributed by atoms with E-state index in [-0.39, 0.29) is 6.10 Å². The molecule has 1 N–H and O–H groups in total. The normalized spacial score (nSPS) is 12.2. The van der Waals surface area contributed by atoms with E-state index in [0.29, 0.717) is 0 Å². The van der Waals surface area contributed by atoms with Crippen molar-refractivity contribution in [3.8, 4) is 0 Å². The molecule has 0 bridgehead atoms. The van der Waals surface area contributed by atoms with Gasteiger partial charge in [-0.1, -0.05) is 20.1 Å². The Balaban J connectivity index is 3.62. The van der Waals surface area contributed by atoms with Crippen molar-refractivity contribution in [3.63, 3.8) is 0 Å². The van der Waals surface area contributed by atoms with Crippen LogP contribution < -0.4 is 5.32 Å². The van der Waals surface area contributed by atoms with Gasteiger partial charge >= 0.3 is 0 Å². The molecule has 1 unspecified atom stereocenters. The van der Waals surface area contributed by atoms with E-state index in [1.165, 1.54) is 0 Å². The summed E-state index contributed by atoms with van der Waals surface area (Å²) in [5.74, 6) is 0. The summed E-state index contributed by atoms with van der Waals surface area (Å²) in [7, 11) is 1.72. The minimum Gasteiger partial charge on any atom is -0.381 e. The van der Waals surface area contributed by atoms with Gasteiger partial charge in [-0.3, -0.25) is 0 Å². The van der Waals surface area contributed by atoms with Gasteiger partial charge < -0.3 is 10.1 Å². The highest BCUT2D eigenvalue weighted by Gasteiger charge is 2.04. The Kier molecular flexibility index (Phi) is 5.57. The number of ether oxygens (including phenoxy) is 1. The maximum atomic E-state index is 5.18. The fourth-order valence-electron chi connectivity index (χ4n) is 0.872. The van der Waals surface area contributed by atoms with Gasteiger partial charge in [-0.25, -0.2) is 0 Å². The van der Waals surface area contributed by atoms with Gasteiger partial charge in [0, 0.05) is 19.2 Å². The van der Waals surface area contributed by atoms with Crippen LogP contribution in [0.25, 0.3) is 0 Å². The summed E-state index contributed by atoms with van der Waals surface area (Å²) in [5.41, 5.74) is 0.953. The van der Waals surface area contributed by atoms with Crippen LogP contribution in [0.1, 0.15) is 19.8 Å². The van der Waals surface area contributed by atoms with Crippen LogP contribution in [-0.2, 0) is 4.74 Å². The highest BCUT2D eigenvalue weighted by atomic mass is 16.5. The Morgan fingerprint density at radius 2 is 2.36 bits per heavy atom. The van der Waals surface area contributed by atoms with Gasteiger partial charge in [0.25, 0.3) is 0 Å². The van der Waals surface area contributed by atoms with Gasteiger partial charge in [-0.2, -0.15) is 0 Å². The van der Waals surface area contributed by atoms with Crippen molar-refractivity contribution in [2.75, 3.05) is 7.11 Å². The second kappa shape index (κ2) is 5.98. The average molecular weight is 155 g/mol. The third kappa shape index (κ3) is 4.62. The molecule has 0 aromatic carbocycles. The van der Waals surface area contributed by atoms with E-state index in [1.807, 2.05) is 0 Å². The average Bonchev–Trinajstić information content (AvgIpc) is 2.01. The van der Waals surface area contributed by atoms with Crippen molar-refractivity contribution in [3.05, 3.63) is 25.1 Å². The molecule has 2 heteroatoms. The number of hydrogen-bond acceptors (Lipinski definition) is 2. The smallest absolute Gasteiger partial charge is 0.0623 e. The van der Waals surface area contributed by atoms with Crippen LogP contribution in [0.15, 0.2) is 25.1 Å². The lowest BCUT2D eigenvalue weighted by Crippen LogP contribution is -2.14. The maximum absolute atomic E-state index is 5.18. The maximum Gasteiger partial charge on any atom is 0.0623 e. The molecule has 0 fully saturated rings. The van der Waals surface area contributed by atoms with Gasteiger partial charge in [-0.15, -0.1) is 0 Å². The van der Waals surface area contributed by atoms with Crippen LogP contribution >= 0.6 is 0 Å². The molecular formula is C9H17NO. The Morgan fingerprint density at radius 1 is 1.73 bits per heavy atom. The van der Waals surface area contributed by atoms with Gasteiger partial charge in [-0.05, 0) is 12.6 Å². The van der Waals surface area contributed by atoms with Crippen molar-refractivity contribution in [2.45, 2.75) is 25.9 Å². The zero-order chi connectivity index (χ0) is 8.69. The number of rotatable bonds is 6. The van der Waals surface area contributed by atoms with E-state index < -0.39 is 0 Å². The molecule has 0 rings (SSSR count). The molecule has 0 heterocycles. The summed E-state index contributed by atoms with van der Waals surface area (Å²) >= 11 is 0. The van der Waals surface area contributed by atoms with E-state index in [1.54, 1.807) is 13.3 Å². The van der Waals surface area contributed by atoms with Crippen molar-refractivity contribution in [1.29, 1.82) is 0 Å². The Morgan fingerprint density at radius 3 is 2.73 bits per heavy atom. The Hall–Kier alpha value is -0.760. The van der Waals surface area contributed by atoms with E-state index >= 15 is 0 Å². The lowest BCUT2D eigenvalue weighted by Gasteiger charge is -2.13. The molecule has 0 aliphatic heterocycles. The lowest BCUT2D eigenvalue weighted by atomic mass is 10.1. The molecule has 0 aliphatic carbocycles. The van der Waals surface area contributed by atoms with Crippen LogP contribution in [0.2, 0.25) is 0 Å². The highest BCUT2D eigenvalue weighted by Crippen LogP contribution is 2.06. The van der Waals surface area contributed by atoms with Gasteiger partial charge in [0.15, 0.2) is 0 Å². The van der Waals surface area contributed by atoms with Crippen molar-refractivity contribution >= 4 is 0 Å². The molecule has 0 saturated carbocycles. The topological polar surface area (TPSA) is 21.3 Å². The standard InChI is InChI=1S/C9H17NO/c1-5-9(11-4)7-8(3)10-6-2/h6,9-10H,2-3,5,7H2,1,4H3. The lowest BCUT2D eigenvalue weighted by molar-refractivity contribution is 0.0989. The minimum atomic E-state index is 0.273. The summed E-state index contributed by atoms with van der Waals surface area (Å²) < 4.78 is 5.18. The zero-order valence-corrected chi connectivity index (χ0v) is 7.39. The Bertz CT molecular complexity index is 128. The largest absolute Gasteiger partial charge is 0.381 e. The summed E-state index contributed by atoms with van der Waals surface area (Å²) in [6.07, 6.45) is 3.76. The summed E-state index contributed by atoms with van der Waals surface area (Å²) in [4.78, 5) is 0. The van der Waals surface area contributed by atoms with Crippen LogP contribution in [0.3, 0.4) is 0 Å². The van der Waals surface area contributed by atoms with E-state index in [0.717, 1.165) is 18.5 Å². The molecule has 0 radical (unpaired) electrons. The van der Waals surface area contributed by atoms with Crippen molar-refractivity contribution in [2.24, 2.45) is 0 Å². The van der Waals surface area contributed by atoms with Gasteiger partial charge in [0.1, 0.15) is 0 Å². The summed E-state index contributed by atoms with van der Waals surface area (Å²) in [6, 6.07) is 0. The first-order valence-electron chi connectivity index (χ1n) is 3.82. The molecule has 0 aromatic rings. The quantitative estimate of drug-likeness (QED) is 0.634. The van der Waals surface area contributed by atoms with Crippen LogP contribution in [0.4, 0.5) is 0 Å². The zero-order valence-electron chi connectivity index (χ0n) is 7.39. The molecule has 64 valence electrons. The third-order valence-electron chi connectivity index (χ3n) is 1.57. The predicted octanol–water partition coefficient (Wildman–Crippen LogP) is 2.05. The third-order valence-corrected chi connectivity index (χ3v) is 1.57. The first kappa shape index (κ1) is 10.2. The van der Waals surface area contributed by atoms with Crippen LogP contribution in [-0.4, -0.2) is 13.2 Å². The Labute approximate surface area is 68.9 Å². The molecular weight excluding hydrogens is 138 g/mol. The van der Waals surface area contributed by atoms with E-state index in [9.17, 15) is 0 Å².